The quantitative estimate of drug-likeness (QED) is 0.658. The van der Waals surface area contributed by atoms with Crippen LogP contribution < -0.4 is 0 Å². The maximum Gasteiger partial charge on any atom is 0.128 e. The van der Waals surface area contributed by atoms with Crippen LogP contribution in [-0.4, -0.2) is 28.5 Å². The Morgan fingerprint density at radius 2 is 1.79 bits per heavy atom. The molecule has 0 heterocycles. The van der Waals surface area contributed by atoms with Crippen molar-refractivity contribution in [2.45, 2.75) is 12.5 Å². The molecule has 0 aliphatic heterocycles. The molecule has 1 aromatic carbocycles. The molecule has 78 valence electrons. The first-order valence-electron chi connectivity index (χ1n) is 4.33. The SMILES string of the molecule is OCc1ccc(C(CO)CO)cc1F. The highest BCUT2D eigenvalue weighted by molar-refractivity contribution is 5.26. The molecule has 14 heavy (non-hydrogen) atoms. The van der Waals surface area contributed by atoms with Gasteiger partial charge in [0.2, 0.25) is 0 Å². The first kappa shape index (κ1) is 11.1. The summed E-state index contributed by atoms with van der Waals surface area (Å²) >= 11 is 0. The fraction of sp³-hybridized carbons (Fsp3) is 0.400. The zero-order valence-electron chi connectivity index (χ0n) is 7.65. The second-order valence-electron chi connectivity index (χ2n) is 3.07. The zero-order chi connectivity index (χ0) is 10.6. The van der Waals surface area contributed by atoms with Gasteiger partial charge < -0.3 is 15.3 Å². The predicted molar refractivity (Wildman–Crippen MR) is 49.2 cm³/mol. The Morgan fingerprint density at radius 1 is 1.14 bits per heavy atom. The Hall–Kier alpha value is -0.970. The van der Waals surface area contributed by atoms with Crippen LogP contribution in [0.15, 0.2) is 18.2 Å². The molecule has 0 unspecified atom stereocenters. The lowest BCUT2D eigenvalue weighted by Gasteiger charge is -2.11. The van der Waals surface area contributed by atoms with Gasteiger partial charge in [-0.3, -0.25) is 0 Å². The van der Waals surface area contributed by atoms with E-state index >= 15 is 0 Å². The highest BCUT2D eigenvalue weighted by Gasteiger charge is 2.11. The summed E-state index contributed by atoms with van der Waals surface area (Å²) in [5.41, 5.74) is 0.744. The van der Waals surface area contributed by atoms with E-state index in [1.807, 2.05) is 0 Å². The molecule has 0 fully saturated rings. The number of rotatable bonds is 4. The van der Waals surface area contributed by atoms with Crippen molar-refractivity contribution in [1.82, 2.24) is 0 Å². The summed E-state index contributed by atoms with van der Waals surface area (Å²) in [5, 5.41) is 26.5. The monoisotopic (exact) mass is 200 g/mol. The molecule has 0 aliphatic carbocycles. The van der Waals surface area contributed by atoms with E-state index in [2.05, 4.69) is 0 Å². The largest absolute Gasteiger partial charge is 0.396 e. The fourth-order valence-electron chi connectivity index (χ4n) is 1.21. The lowest BCUT2D eigenvalue weighted by molar-refractivity contribution is 0.192. The van der Waals surface area contributed by atoms with Crippen LogP contribution in [0.3, 0.4) is 0 Å². The molecule has 0 aromatic heterocycles. The van der Waals surface area contributed by atoms with Gasteiger partial charge in [0, 0.05) is 11.5 Å². The Bertz CT molecular complexity index is 297. The van der Waals surface area contributed by atoms with Crippen molar-refractivity contribution in [1.29, 1.82) is 0 Å². The minimum Gasteiger partial charge on any atom is -0.396 e. The van der Waals surface area contributed by atoms with Gasteiger partial charge in [-0.25, -0.2) is 4.39 Å². The normalized spacial score (nSPS) is 10.9. The van der Waals surface area contributed by atoms with Crippen LogP contribution >= 0.6 is 0 Å². The fourth-order valence-corrected chi connectivity index (χ4v) is 1.21. The van der Waals surface area contributed by atoms with Gasteiger partial charge in [-0.2, -0.15) is 0 Å². The maximum atomic E-state index is 13.2. The number of benzene rings is 1. The molecule has 3 nitrogen and oxygen atoms in total. The van der Waals surface area contributed by atoms with Gasteiger partial charge in [0.15, 0.2) is 0 Å². The molecule has 4 heteroatoms. The van der Waals surface area contributed by atoms with Gasteiger partial charge >= 0.3 is 0 Å². The highest BCUT2D eigenvalue weighted by Crippen LogP contribution is 2.18. The Kier molecular flexibility index (Phi) is 4.00. The molecule has 3 N–H and O–H groups in total. The van der Waals surface area contributed by atoms with Crippen molar-refractivity contribution in [3.05, 3.63) is 35.1 Å². The Labute approximate surface area is 81.4 Å². The number of halogens is 1. The Morgan fingerprint density at radius 3 is 2.21 bits per heavy atom. The van der Waals surface area contributed by atoms with E-state index in [9.17, 15) is 4.39 Å². The van der Waals surface area contributed by atoms with Gasteiger partial charge in [0.1, 0.15) is 5.82 Å². The number of hydrogen-bond acceptors (Lipinski definition) is 3. The minimum atomic E-state index is -0.517. The second-order valence-corrected chi connectivity index (χ2v) is 3.07. The van der Waals surface area contributed by atoms with E-state index < -0.39 is 11.7 Å². The minimum absolute atomic E-state index is 0.211. The average Bonchev–Trinajstić information content (AvgIpc) is 2.20. The van der Waals surface area contributed by atoms with Crippen molar-refractivity contribution in [3.63, 3.8) is 0 Å². The topological polar surface area (TPSA) is 60.7 Å². The Balaban J connectivity index is 2.95. The standard InChI is InChI=1S/C10H13FO3/c11-10-3-7(9(5-13)6-14)1-2-8(10)4-12/h1-3,9,12-14H,4-6H2. The molecule has 1 aromatic rings. The van der Waals surface area contributed by atoms with Crippen molar-refractivity contribution >= 4 is 0 Å². The van der Waals surface area contributed by atoms with Crippen molar-refractivity contribution in [2.75, 3.05) is 13.2 Å². The van der Waals surface area contributed by atoms with E-state index in [1.165, 1.54) is 12.1 Å². The summed E-state index contributed by atoms with van der Waals surface area (Å²) in [4.78, 5) is 0. The molecule has 1 rings (SSSR count). The molecule has 0 atom stereocenters. The summed E-state index contributed by atoms with van der Waals surface area (Å²) in [7, 11) is 0. The molecule has 0 saturated carbocycles. The van der Waals surface area contributed by atoms with Crippen LogP contribution in [0, 0.1) is 5.82 Å². The van der Waals surface area contributed by atoms with Crippen LogP contribution in [0.5, 0.6) is 0 Å². The van der Waals surface area contributed by atoms with Crippen LogP contribution in [0.25, 0.3) is 0 Å². The summed E-state index contributed by atoms with van der Waals surface area (Å²) in [6.45, 7) is -0.808. The molecule has 0 aliphatic rings. The number of aliphatic hydroxyl groups is 3. The second kappa shape index (κ2) is 5.05. The maximum absolute atomic E-state index is 13.2. The van der Waals surface area contributed by atoms with Crippen LogP contribution in [0.4, 0.5) is 4.39 Å². The van der Waals surface area contributed by atoms with Gasteiger partial charge in [-0.15, -0.1) is 0 Å². The average molecular weight is 200 g/mol. The van der Waals surface area contributed by atoms with Crippen LogP contribution in [0.2, 0.25) is 0 Å². The first-order chi connectivity index (χ1) is 6.72. The van der Waals surface area contributed by atoms with E-state index in [-0.39, 0.29) is 25.4 Å². The highest BCUT2D eigenvalue weighted by atomic mass is 19.1. The molecule has 0 bridgehead atoms. The van der Waals surface area contributed by atoms with Crippen molar-refractivity contribution in [2.24, 2.45) is 0 Å². The first-order valence-corrected chi connectivity index (χ1v) is 4.33. The zero-order valence-corrected chi connectivity index (χ0v) is 7.65. The summed E-state index contributed by atoms with van der Waals surface area (Å²) in [6.07, 6.45) is 0. The number of hydrogen-bond donors (Lipinski definition) is 3. The predicted octanol–water partition coefficient (Wildman–Crippen LogP) is 0.386. The van der Waals surface area contributed by atoms with E-state index in [0.29, 0.717) is 5.56 Å². The third kappa shape index (κ3) is 2.29. The van der Waals surface area contributed by atoms with E-state index in [0.717, 1.165) is 0 Å². The smallest absolute Gasteiger partial charge is 0.128 e. The molecular formula is C10H13FO3. The molecule has 0 radical (unpaired) electrons. The molecular weight excluding hydrogens is 187 g/mol. The van der Waals surface area contributed by atoms with Crippen molar-refractivity contribution in [3.8, 4) is 0 Å². The molecule has 0 saturated heterocycles. The van der Waals surface area contributed by atoms with E-state index in [1.54, 1.807) is 6.07 Å². The molecule has 0 amide bonds. The van der Waals surface area contributed by atoms with Crippen LogP contribution in [-0.2, 0) is 6.61 Å². The lowest BCUT2D eigenvalue weighted by atomic mass is 9.99. The van der Waals surface area contributed by atoms with Gasteiger partial charge in [-0.05, 0) is 11.6 Å². The summed E-state index contributed by atoms with van der Waals surface area (Å²) < 4.78 is 13.2. The van der Waals surface area contributed by atoms with Gasteiger partial charge in [0.05, 0.1) is 19.8 Å². The summed E-state index contributed by atoms with van der Waals surface area (Å²) in [5.74, 6) is -0.978. The number of aliphatic hydroxyl groups excluding tert-OH is 3. The van der Waals surface area contributed by atoms with Crippen molar-refractivity contribution < 1.29 is 19.7 Å². The van der Waals surface area contributed by atoms with E-state index in [4.69, 9.17) is 15.3 Å². The van der Waals surface area contributed by atoms with Gasteiger partial charge in [-0.1, -0.05) is 12.1 Å². The summed E-state index contributed by atoms with van der Waals surface area (Å²) in [6, 6.07) is 4.26. The third-order valence-electron chi connectivity index (χ3n) is 2.16. The van der Waals surface area contributed by atoms with Gasteiger partial charge in [0.25, 0.3) is 0 Å². The molecule has 0 spiro atoms. The van der Waals surface area contributed by atoms with Crippen LogP contribution in [0.1, 0.15) is 17.0 Å². The lowest BCUT2D eigenvalue weighted by Crippen LogP contribution is -2.09. The third-order valence-corrected chi connectivity index (χ3v) is 2.16.